The van der Waals surface area contributed by atoms with Crippen molar-refractivity contribution >= 4 is 6.03 Å². The van der Waals surface area contributed by atoms with Crippen molar-refractivity contribution in [2.24, 2.45) is 17.3 Å². The summed E-state index contributed by atoms with van der Waals surface area (Å²) in [5.74, 6) is 0.481. The van der Waals surface area contributed by atoms with Gasteiger partial charge in [-0.3, -0.25) is 4.90 Å². The van der Waals surface area contributed by atoms with Crippen LogP contribution in [0.4, 0.5) is 31.1 Å². The van der Waals surface area contributed by atoms with Crippen LogP contribution in [0, 0.1) is 24.2 Å². The minimum absolute atomic E-state index is 0.114. The van der Waals surface area contributed by atoms with Crippen molar-refractivity contribution in [2.45, 2.75) is 77.4 Å². The highest BCUT2D eigenvalue weighted by molar-refractivity contribution is 5.75. The van der Waals surface area contributed by atoms with Crippen LogP contribution >= 0.6 is 0 Å². The molecule has 2 amide bonds. The number of benzene rings is 2. The number of amides is 2. The van der Waals surface area contributed by atoms with Gasteiger partial charge in [0.1, 0.15) is 0 Å². The Balaban J connectivity index is 1.38. The van der Waals surface area contributed by atoms with E-state index in [1.807, 2.05) is 31.2 Å². The number of carbonyl (C=O) groups is 1. The highest BCUT2D eigenvalue weighted by Crippen LogP contribution is 2.47. The van der Waals surface area contributed by atoms with Crippen LogP contribution in [0.1, 0.15) is 79.9 Å². The SMILES string of the molecule is Cc1ccccc1[C@H]1[C@@H]2CN(C3CCN(CC(C)(C)CO)CC3)C[C@H]2CCN1C(=O)N(C)[C@H](C)c1cc(C(F)(F)F)cc(C(F)(F)F)c1. The van der Waals surface area contributed by atoms with Crippen molar-refractivity contribution in [3.63, 3.8) is 0 Å². The van der Waals surface area contributed by atoms with Crippen LogP contribution in [0.3, 0.4) is 0 Å². The van der Waals surface area contributed by atoms with Gasteiger partial charge in [-0.25, -0.2) is 4.79 Å². The summed E-state index contributed by atoms with van der Waals surface area (Å²) < 4.78 is 81.9. The Bertz CT molecular complexity index is 1410. The minimum atomic E-state index is -4.98. The molecule has 0 aliphatic carbocycles. The lowest BCUT2D eigenvalue weighted by Crippen LogP contribution is -2.51. The topological polar surface area (TPSA) is 50.3 Å². The molecule has 3 aliphatic rings. The lowest BCUT2D eigenvalue weighted by atomic mass is 9.78. The zero-order valence-corrected chi connectivity index (χ0v) is 28.4. The van der Waals surface area contributed by atoms with E-state index in [0.717, 1.165) is 63.1 Å². The number of carbonyl (C=O) groups excluding carboxylic acids is 1. The van der Waals surface area contributed by atoms with E-state index >= 15 is 0 Å². The summed E-state index contributed by atoms with van der Waals surface area (Å²) in [6, 6.07) is 8.12. The van der Waals surface area contributed by atoms with E-state index in [0.29, 0.717) is 30.6 Å². The van der Waals surface area contributed by atoms with Gasteiger partial charge < -0.3 is 19.8 Å². The van der Waals surface area contributed by atoms with Crippen LogP contribution in [0.5, 0.6) is 0 Å². The van der Waals surface area contributed by atoms with Gasteiger partial charge in [0.05, 0.1) is 23.2 Å². The number of rotatable bonds is 7. The number of fused-ring (bicyclic) bond motifs is 1. The van der Waals surface area contributed by atoms with E-state index in [1.54, 1.807) is 4.90 Å². The Labute approximate surface area is 279 Å². The van der Waals surface area contributed by atoms with Crippen LogP contribution in [0.25, 0.3) is 0 Å². The number of alkyl halides is 6. The highest BCUT2D eigenvalue weighted by Gasteiger charge is 2.48. The second kappa shape index (κ2) is 13.8. The first-order chi connectivity index (χ1) is 22.4. The quantitative estimate of drug-likeness (QED) is 0.306. The number of nitrogens with zero attached hydrogens (tertiary/aromatic N) is 4. The summed E-state index contributed by atoms with van der Waals surface area (Å²) in [6.07, 6.45) is -7.14. The Morgan fingerprint density at radius 3 is 2.10 bits per heavy atom. The van der Waals surface area contributed by atoms with Crippen LogP contribution in [-0.2, 0) is 12.4 Å². The number of urea groups is 1. The van der Waals surface area contributed by atoms with Crippen molar-refractivity contribution in [3.8, 4) is 0 Å². The third-order valence-electron chi connectivity index (χ3n) is 10.9. The number of halogens is 6. The van der Waals surface area contributed by atoms with Crippen LogP contribution in [-0.4, -0.2) is 89.7 Å². The fourth-order valence-electron chi connectivity index (χ4n) is 8.01. The lowest BCUT2D eigenvalue weighted by Gasteiger charge is -2.45. The van der Waals surface area contributed by atoms with Gasteiger partial charge >= 0.3 is 18.4 Å². The first-order valence-corrected chi connectivity index (χ1v) is 16.8. The average Bonchev–Trinajstić information content (AvgIpc) is 3.47. The monoisotopic (exact) mass is 682 g/mol. The fourth-order valence-corrected chi connectivity index (χ4v) is 8.01. The molecule has 0 spiro atoms. The smallest absolute Gasteiger partial charge is 0.396 e. The van der Waals surface area contributed by atoms with E-state index in [4.69, 9.17) is 0 Å². The van der Waals surface area contributed by atoms with Crippen LogP contribution in [0.15, 0.2) is 42.5 Å². The molecule has 3 fully saturated rings. The maximum Gasteiger partial charge on any atom is 0.416 e. The Hall–Kier alpha value is -2.83. The predicted octanol–water partition coefficient (Wildman–Crippen LogP) is 7.62. The summed E-state index contributed by atoms with van der Waals surface area (Å²) in [5, 5.41) is 9.72. The zero-order chi connectivity index (χ0) is 35.2. The van der Waals surface area contributed by atoms with E-state index in [9.17, 15) is 36.2 Å². The van der Waals surface area contributed by atoms with Gasteiger partial charge in [0.15, 0.2) is 0 Å². The molecule has 0 radical (unpaired) electrons. The first-order valence-electron chi connectivity index (χ1n) is 16.8. The van der Waals surface area contributed by atoms with Crippen molar-refractivity contribution < 1.29 is 36.2 Å². The van der Waals surface area contributed by atoms with Crippen molar-refractivity contribution in [3.05, 3.63) is 70.3 Å². The van der Waals surface area contributed by atoms with Crippen molar-refractivity contribution in [2.75, 3.05) is 52.9 Å². The number of aliphatic hydroxyl groups excluding tert-OH is 1. The maximum absolute atomic E-state index is 14.3. The summed E-state index contributed by atoms with van der Waals surface area (Å²) in [6.45, 7) is 12.7. The fraction of sp³-hybridized carbons (Fsp3) is 0.639. The van der Waals surface area contributed by atoms with Gasteiger partial charge in [-0.2, -0.15) is 26.3 Å². The molecule has 48 heavy (non-hydrogen) atoms. The molecule has 2 aromatic rings. The summed E-state index contributed by atoms with van der Waals surface area (Å²) in [4.78, 5) is 22.3. The minimum Gasteiger partial charge on any atom is -0.396 e. The highest BCUT2D eigenvalue weighted by atomic mass is 19.4. The average molecular weight is 683 g/mol. The molecule has 3 heterocycles. The van der Waals surface area contributed by atoms with Gasteiger partial charge in [-0.1, -0.05) is 38.1 Å². The molecule has 0 unspecified atom stereocenters. The number of hydrogen-bond acceptors (Lipinski definition) is 4. The number of aryl methyl sites for hydroxylation is 1. The largest absolute Gasteiger partial charge is 0.416 e. The first kappa shape index (κ1) is 36.5. The third kappa shape index (κ3) is 7.81. The van der Waals surface area contributed by atoms with Crippen LogP contribution < -0.4 is 0 Å². The number of hydrogen-bond donors (Lipinski definition) is 1. The molecule has 0 aromatic heterocycles. The summed E-state index contributed by atoms with van der Waals surface area (Å²) in [7, 11) is 1.45. The Morgan fingerprint density at radius 2 is 1.54 bits per heavy atom. The van der Waals surface area contributed by atoms with E-state index in [1.165, 1.54) is 18.9 Å². The number of aliphatic hydroxyl groups is 1. The molecule has 6 nitrogen and oxygen atoms in total. The number of piperidine rings is 2. The van der Waals surface area contributed by atoms with Gasteiger partial charge in [-0.05, 0) is 87.0 Å². The molecule has 5 rings (SSSR count). The molecule has 0 bridgehead atoms. The van der Waals surface area contributed by atoms with Gasteiger partial charge in [0, 0.05) is 57.2 Å². The van der Waals surface area contributed by atoms with Gasteiger partial charge in [0.2, 0.25) is 0 Å². The zero-order valence-electron chi connectivity index (χ0n) is 28.4. The standard InChI is InChI=1S/C36H48F6N4O2/c1-23-8-6-7-9-30(23)32-31-20-45(29-11-13-44(14-12-29)21-34(3,4)22-47)19-25(31)10-15-46(32)33(48)43(5)24(2)26-16-27(35(37,38)39)18-28(17-26)36(40,41)42/h6-9,16-18,24-25,29,31-32,47H,10-15,19-22H2,1-5H3/t24-,25-,31-,32+/m1/s1. The molecule has 3 saturated heterocycles. The summed E-state index contributed by atoms with van der Waals surface area (Å²) in [5.41, 5.74) is -1.12. The molecule has 1 N–H and O–H groups in total. The molecular formula is C36H48F6N4O2. The second-order valence-electron chi connectivity index (χ2n) is 14.9. The summed E-state index contributed by atoms with van der Waals surface area (Å²) >= 11 is 0. The van der Waals surface area contributed by atoms with Crippen LogP contribution in [0.2, 0.25) is 0 Å². The second-order valence-corrected chi connectivity index (χ2v) is 14.9. The molecule has 3 aliphatic heterocycles. The molecule has 0 saturated carbocycles. The normalized spacial score (nSPS) is 24.1. The van der Waals surface area contributed by atoms with Gasteiger partial charge in [-0.15, -0.1) is 0 Å². The predicted molar refractivity (Wildman–Crippen MR) is 172 cm³/mol. The van der Waals surface area contributed by atoms with E-state index in [-0.39, 0.29) is 35.6 Å². The molecule has 4 atom stereocenters. The molecule has 266 valence electrons. The van der Waals surface area contributed by atoms with Crippen molar-refractivity contribution in [1.82, 2.24) is 19.6 Å². The number of likely N-dealkylation sites (tertiary alicyclic amines) is 3. The Kier molecular flexibility index (Phi) is 10.5. The van der Waals surface area contributed by atoms with Crippen molar-refractivity contribution in [1.29, 1.82) is 0 Å². The van der Waals surface area contributed by atoms with E-state index < -0.39 is 35.6 Å². The maximum atomic E-state index is 14.3. The third-order valence-corrected chi connectivity index (χ3v) is 10.9. The molecule has 12 heteroatoms. The Morgan fingerprint density at radius 1 is 0.938 bits per heavy atom. The van der Waals surface area contributed by atoms with Gasteiger partial charge in [0.25, 0.3) is 0 Å². The lowest BCUT2D eigenvalue weighted by molar-refractivity contribution is -0.143. The van der Waals surface area contributed by atoms with E-state index in [2.05, 4.69) is 23.6 Å². The molecular weight excluding hydrogens is 634 g/mol. The molecule has 2 aromatic carbocycles.